The molecular formula is C14H25N5. The molecule has 5 nitrogen and oxygen atoms in total. The van der Waals surface area contributed by atoms with E-state index in [1.165, 1.54) is 11.3 Å². The van der Waals surface area contributed by atoms with Crippen molar-refractivity contribution in [2.75, 3.05) is 38.1 Å². The Hall–Kier alpha value is -1.20. The Balaban J connectivity index is 2.07. The molecule has 0 aromatic carbocycles. The fourth-order valence-electron chi connectivity index (χ4n) is 2.51. The number of hydrogen-bond donors (Lipinski definition) is 1. The first-order chi connectivity index (χ1) is 9.10. The van der Waals surface area contributed by atoms with Crippen LogP contribution < -0.4 is 10.6 Å². The lowest BCUT2D eigenvalue weighted by Gasteiger charge is -2.29. The molecule has 19 heavy (non-hydrogen) atoms. The van der Waals surface area contributed by atoms with E-state index in [0.29, 0.717) is 12.5 Å². The standard InChI is InChI=1S/C14H25N5/c1-11(2)9-19-6-4-13-12(10-19)8-16-14(17-13)18(3)7-5-15/h8,11H,4-7,9-10,15H2,1-3H3. The molecule has 0 fully saturated rings. The maximum Gasteiger partial charge on any atom is 0.225 e. The molecule has 0 radical (unpaired) electrons. The fourth-order valence-corrected chi connectivity index (χ4v) is 2.51. The van der Waals surface area contributed by atoms with Crippen LogP contribution >= 0.6 is 0 Å². The predicted octanol–water partition coefficient (Wildman–Crippen LogP) is 0.886. The van der Waals surface area contributed by atoms with Crippen molar-refractivity contribution in [3.05, 3.63) is 17.5 Å². The smallest absolute Gasteiger partial charge is 0.225 e. The zero-order chi connectivity index (χ0) is 13.8. The number of nitrogens with two attached hydrogens (primary N) is 1. The largest absolute Gasteiger partial charge is 0.343 e. The van der Waals surface area contributed by atoms with E-state index in [9.17, 15) is 0 Å². The molecule has 0 spiro atoms. The third-order valence-electron chi connectivity index (χ3n) is 3.43. The number of likely N-dealkylation sites (N-methyl/N-ethyl adjacent to an activating group) is 1. The second-order valence-electron chi connectivity index (χ2n) is 5.73. The van der Waals surface area contributed by atoms with Crippen molar-refractivity contribution in [1.29, 1.82) is 0 Å². The molecular weight excluding hydrogens is 238 g/mol. The number of aromatic nitrogens is 2. The maximum atomic E-state index is 5.57. The highest BCUT2D eigenvalue weighted by molar-refractivity contribution is 5.33. The highest BCUT2D eigenvalue weighted by Gasteiger charge is 2.19. The quantitative estimate of drug-likeness (QED) is 0.855. The Morgan fingerprint density at radius 2 is 2.26 bits per heavy atom. The highest BCUT2D eigenvalue weighted by Crippen LogP contribution is 2.19. The number of hydrogen-bond acceptors (Lipinski definition) is 5. The van der Waals surface area contributed by atoms with Crippen molar-refractivity contribution >= 4 is 5.95 Å². The van der Waals surface area contributed by atoms with Crippen molar-refractivity contribution in [1.82, 2.24) is 14.9 Å². The van der Waals surface area contributed by atoms with Crippen LogP contribution in [0.1, 0.15) is 25.1 Å². The predicted molar refractivity (Wildman–Crippen MR) is 78.2 cm³/mol. The molecule has 0 aliphatic carbocycles. The van der Waals surface area contributed by atoms with Crippen molar-refractivity contribution in [3.8, 4) is 0 Å². The van der Waals surface area contributed by atoms with E-state index >= 15 is 0 Å². The maximum absolute atomic E-state index is 5.57. The Kier molecular flexibility index (Phi) is 4.71. The van der Waals surface area contributed by atoms with Gasteiger partial charge in [0.05, 0.1) is 5.69 Å². The number of fused-ring (bicyclic) bond motifs is 1. The lowest BCUT2D eigenvalue weighted by atomic mass is 10.1. The van der Waals surface area contributed by atoms with Crippen LogP contribution in [0.5, 0.6) is 0 Å². The summed E-state index contributed by atoms with van der Waals surface area (Å²) in [6, 6.07) is 0. The van der Waals surface area contributed by atoms with Crippen LogP contribution in [-0.4, -0.2) is 48.1 Å². The van der Waals surface area contributed by atoms with E-state index < -0.39 is 0 Å². The fraction of sp³-hybridized carbons (Fsp3) is 0.714. The summed E-state index contributed by atoms with van der Waals surface area (Å²) in [6.45, 7) is 9.16. The van der Waals surface area contributed by atoms with Gasteiger partial charge in [-0.15, -0.1) is 0 Å². The van der Waals surface area contributed by atoms with Gasteiger partial charge in [-0.1, -0.05) is 13.8 Å². The van der Waals surface area contributed by atoms with Gasteiger partial charge in [0.2, 0.25) is 5.95 Å². The van der Waals surface area contributed by atoms with Crippen LogP contribution in [0, 0.1) is 5.92 Å². The van der Waals surface area contributed by atoms with Gasteiger partial charge >= 0.3 is 0 Å². The van der Waals surface area contributed by atoms with Gasteiger partial charge < -0.3 is 10.6 Å². The lowest BCUT2D eigenvalue weighted by Crippen LogP contribution is -2.34. The molecule has 2 N–H and O–H groups in total. The molecule has 0 amide bonds. The Labute approximate surface area is 115 Å². The van der Waals surface area contributed by atoms with Crippen molar-refractivity contribution in [3.63, 3.8) is 0 Å². The zero-order valence-corrected chi connectivity index (χ0v) is 12.3. The van der Waals surface area contributed by atoms with Crippen molar-refractivity contribution in [2.45, 2.75) is 26.8 Å². The van der Waals surface area contributed by atoms with Gasteiger partial charge in [-0.25, -0.2) is 9.97 Å². The van der Waals surface area contributed by atoms with Crippen LogP contribution in [0.4, 0.5) is 5.95 Å². The van der Waals surface area contributed by atoms with E-state index in [4.69, 9.17) is 5.73 Å². The average Bonchev–Trinajstić information content (AvgIpc) is 2.37. The van der Waals surface area contributed by atoms with E-state index in [2.05, 4.69) is 28.7 Å². The molecule has 1 aliphatic heterocycles. The van der Waals surface area contributed by atoms with E-state index in [1.807, 2.05) is 18.1 Å². The molecule has 0 unspecified atom stereocenters. The average molecular weight is 263 g/mol. The Bertz CT molecular complexity index is 418. The molecule has 106 valence electrons. The third kappa shape index (κ3) is 3.64. The van der Waals surface area contributed by atoms with Crippen LogP contribution in [0.3, 0.4) is 0 Å². The minimum atomic E-state index is 0.624. The molecule has 1 aromatic rings. The van der Waals surface area contributed by atoms with Gasteiger partial charge in [0.1, 0.15) is 0 Å². The van der Waals surface area contributed by atoms with Gasteiger partial charge in [-0.2, -0.15) is 0 Å². The van der Waals surface area contributed by atoms with Crippen LogP contribution in [0.25, 0.3) is 0 Å². The summed E-state index contributed by atoms with van der Waals surface area (Å²) >= 11 is 0. The first-order valence-electron chi connectivity index (χ1n) is 7.08. The minimum Gasteiger partial charge on any atom is -0.343 e. The molecule has 0 atom stereocenters. The highest BCUT2D eigenvalue weighted by atomic mass is 15.2. The number of nitrogens with zero attached hydrogens (tertiary/aromatic N) is 4. The second-order valence-corrected chi connectivity index (χ2v) is 5.73. The summed E-state index contributed by atoms with van der Waals surface area (Å²) < 4.78 is 0. The first-order valence-corrected chi connectivity index (χ1v) is 7.08. The van der Waals surface area contributed by atoms with Crippen molar-refractivity contribution in [2.24, 2.45) is 11.7 Å². The molecule has 1 aromatic heterocycles. The summed E-state index contributed by atoms with van der Waals surface area (Å²) in [4.78, 5) is 13.6. The molecule has 2 heterocycles. The number of anilines is 1. The van der Waals surface area contributed by atoms with Crippen LogP contribution in [0.2, 0.25) is 0 Å². The van der Waals surface area contributed by atoms with Gasteiger partial charge in [-0.3, -0.25) is 4.90 Å². The van der Waals surface area contributed by atoms with E-state index in [1.54, 1.807) is 0 Å². The summed E-state index contributed by atoms with van der Waals surface area (Å²) in [7, 11) is 1.99. The normalized spacial score (nSPS) is 15.6. The summed E-state index contributed by atoms with van der Waals surface area (Å²) in [5.41, 5.74) is 8.04. The first kappa shape index (κ1) is 14.2. The van der Waals surface area contributed by atoms with Crippen LogP contribution in [-0.2, 0) is 13.0 Å². The molecule has 5 heteroatoms. The molecule has 2 rings (SSSR count). The number of rotatable bonds is 5. The SMILES string of the molecule is CC(C)CN1CCc2nc(N(C)CCN)ncc2C1. The minimum absolute atomic E-state index is 0.624. The lowest BCUT2D eigenvalue weighted by molar-refractivity contribution is 0.224. The summed E-state index contributed by atoms with van der Waals surface area (Å²) in [5, 5.41) is 0. The van der Waals surface area contributed by atoms with Gasteiger partial charge in [-0.05, 0) is 5.92 Å². The van der Waals surface area contributed by atoms with Crippen molar-refractivity contribution < 1.29 is 0 Å². The third-order valence-corrected chi connectivity index (χ3v) is 3.43. The van der Waals surface area contributed by atoms with E-state index in [-0.39, 0.29) is 0 Å². The van der Waals surface area contributed by atoms with Gasteiger partial charge in [0.15, 0.2) is 0 Å². The molecule has 1 aliphatic rings. The van der Waals surface area contributed by atoms with Gasteiger partial charge in [0.25, 0.3) is 0 Å². The Morgan fingerprint density at radius 1 is 1.47 bits per heavy atom. The summed E-state index contributed by atoms with van der Waals surface area (Å²) in [6.07, 6.45) is 3.01. The van der Waals surface area contributed by atoms with Gasteiger partial charge in [0, 0.05) is 58.0 Å². The summed E-state index contributed by atoms with van der Waals surface area (Å²) in [5.74, 6) is 1.50. The van der Waals surface area contributed by atoms with E-state index in [0.717, 1.165) is 38.5 Å². The molecule has 0 bridgehead atoms. The molecule has 0 saturated heterocycles. The Morgan fingerprint density at radius 3 is 2.95 bits per heavy atom. The van der Waals surface area contributed by atoms with Crippen LogP contribution in [0.15, 0.2) is 6.20 Å². The monoisotopic (exact) mass is 263 g/mol. The second kappa shape index (κ2) is 6.30. The topological polar surface area (TPSA) is 58.3 Å². The zero-order valence-electron chi connectivity index (χ0n) is 12.3. The molecule has 0 saturated carbocycles.